The zero-order chi connectivity index (χ0) is 22.4. The molecule has 0 saturated carbocycles. The lowest BCUT2D eigenvalue weighted by atomic mass is 9.98. The number of hydrogen-bond donors (Lipinski definition) is 3. The Hall–Kier alpha value is -2.93. The van der Waals surface area contributed by atoms with Gasteiger partial charge in [0.05, 0.1) is 18.6 Å². The first-order valence-corrected chi connectivity index (χ1v) is 10.0. The van der Waals surface area contributed by atoms with Gasteiger partial charge in [0.1, 0.15) is 6.61 Å². The third-order valence-corrected chi connectivity index (χ3v) is 4.42. The monoisotopic (exact) mass is 416 g/mol. The average molecular weight is 417 g/mol. The van der Waals surface area contributed by atoms with Crippen LogP contribution in [0.4, 0.5) is 0 Å². The zero-order valence-electron chi connectivity index (χ0n) is 17.5. The van der Waals surface area contributed by atoms with Gasteiger partial charge in [-0.1, -0.05) is 42.5 Å². The minimum absolute atomic E-state index is 0.0136. The molecule has 0 fully saturated rings. The summed E-state index contributed by atoms with van der Waals surface area (Å²) >= 11 is 0. The minimum Gasteiger partial charge on any atom is -0.463 e. The van der Waals surface area contributed by atoms with E-state index in [2.05, 4.69) is 23.8 Å². The molecule has 3 atom stereocenters. The number of esters is 1. The first-order chi connectivity index (χ1) is 14.4. The Kier molecular flexibility index (Phi) is 11.8. The number of benzene rings is 1. The van der Waals surface area contributed by atoms with E-state index in [1.165, 1.54) is 0 Å². The van der Waals surface area contributed by atoms with Gasteiger partial charge in [0, 0.05) is 18.9 Å². The van der Waals surface area contributed by atoms with Crippen LogP contribution >= 0.6 is 0 Å². The van der Waals surface area contributed by atoms with Crippen molar-refractivity contribution < 1.29 is 24.2 Å². The van der Waals surface area contributed by atoms with Crippen molar-refractivity contribution in [3.8, 4) is 0 Å². The first kappa shape index (κ1) is 25.1. The number of hydrogen-bond acceptors (Lipinski definition) is 5. The Bertz CT molecular complexity index is 705. The molecule has 7 nitrogen and oxygen atoms in total. The largest absolute Gasteiger partial charge is 0.463 e. The summed E-state index contributed by atoms with van der Waals surface area (Å²) in [5.41, 5.74) is 0.790. The molecule has 30 heavy (non-hydrogen) atoms. The highest BCUT2D eigenvalue weighted by atomic mass is 16.5. The molecule has 0 aromatic heterocycles. The number of ether oxygens (including phenoxy) is 1. The maximum Gasteiger partial charge on any atom is 0.306 e. The van der Waals surface area contributed by atoms with Crippen molar-refractivity contribution in [2.75, 3.05) is 13.2 Å². The van der Waals surface area contributed by atoms with E-state index in [0.717, 1.165) is 5.56 Å². The Morgan fingerprint density at radius 1 is 1.13 bits per heavy atom. The fourth-order valence-electron chi connectivity index (χ4n) is 2.75. The normalized spacial score (nSPS) is 13.4. The molecule has 1 aromatic carbocycles. The fourth-order valence-corrected chi connectivity index (χ4v) is 2.75. The van der Waals surface area contributed by atoms with Gasteiger partial charge in [-0.05, 0) is 25.3 Å². The third kappa shape index (κ3) is 9.52. The maximum absolute atomic E-state index is 12.9. The number of amides is 2. The van der Waals surface area contributed by atoms with E-state index < -0.39 is 18.0 Å². The lowest BCUT2D eigenvalue weighted by Crippen LogP contribution is -2.40. The molecule has 7 heteroatoms. The summed E-state index contributed by atoms with van der Waals surface area (Å²) in [7, 11) is 0. The van der Waals surface area contributed by atoms with Gasteiger partial charge in [-0.2, -0.15) is 0 Å². The number of nitrogens with one attached hydrogen (secondary N) is 2. The van der Waals surface area contributed by atoms with Crippen LogP contribution in [0.1, 0.15) is 44.2 Å². The number of allylic oxidation sites excluding steroid dienone is 2. The number of aliphatic hydroxyl groups is 1. The summed E-state index contributed by atoms with van der Waals surface area (Å²) < 4.78 is 5.32. The molecule has 0 radical (unpaired) electrons. The quantitative estimate of drug-likeness (QED) is 0.319. The lowest BCUT2D eigenvalue weighted by molar-refractivity contribution is -0.145. The van der Waals surface area contributed by atoms with Crippen molar-refractivity contribution in [3.05, 3.63) is 61.2 Å². The Balaban J connectivity index is 2.83. The van der Waals surface area contributed by atoms with Crippen molar-refractivity contribution in [2.24, 2.45) is 5.92 Å². The molecule has 0 aliphatic heterocycles. The zero-order valence-corrected chi connectivity index (χ0v) is 17.5. The molecule has 1 aromatic rings. The Labute approximate surface area is 178 Å². The fraction of sp³-hybridized carbons (Fsp3) is 0.435. The standard InChI is InChI=1S/C23H32N2O5/c1-4-6-13-22(28)30-16-20(18-11-8-7-9-12-18)25-23(29)19(10-5-2)14-21(27)24-17(3)15-26/h4-5,7-9,11-12,17,19-20,26H,1-2,6,10,13-16H2,3H3,(H,24,27)(H,25,29)/t17-,19+,20-/m1/s1. The van der Waals surface area contributed by atoms with E-state index in [0.29, 0.717) is 12.8 Å². The highest BCUT2D eigenvalue weighted by molar-refractivity contribution is 5.86. The molecule has 0 aliphatic rings. The second kappa shape index (κ2) is 14.1. The molecule has 1 rings (SSSR count). The summed E-state index contributed by atoms with van der Waals surface area (Å²) in [5.74, 6) is -1.66. The number of carbonyl (C=O) groups excluding carboxylic acids is 3. The van der Waals surface area contributed by atoms with E-state index in [1.54, 1.807) is 19.1 Å². The molecule has 164 valence electrons. The van der Waals surface area contributed by atoms with Crippen molar-refractivity contribution in [1.82, 2.24) is 10.6 Å². The summed E-state index contributed by atoms with van der Waals surface area (Å²) in [6, 6.07) is 8.25. The van der Waals surface area contributed by atoms with E-state index in [4.69, 9.17) is 9.84 Å². The molecule has 0 heterocycles. The second-order valence-corrected chi connectivity index (χ2v) is 7.06. The Morgan fingerprint density at radius 2 is 1.83 bits per heavy atom. The van der Waals surface area contributed by atoms with Gasteiger partial charge in [-0.15, -0.1) is 13.2 Å². The molecule has 0 saturated heterocycles. The smallest absolute Gasteiger partial charge is 0.306 e. The predicted molar refractivity (Wildman–Crippen MR) is 115 cm³/mol. The van der Waals surface area contributed by atoms with Crippen molar-refractivity contribution in [2.45, 2.75) is 44.7 Å². The molecule has 2 amide bonds. The summed E-state index contributed by atoms with van der Waals surface area (Å²) in [5, 5.41) is 14.6. The van der Waals surface area contributed by atoms with Crippen LogP contribution in [-0.4, -0.2) is 42.1 Å². The van der Waals surface area contributed by atoms with Gasteiger partial charge in [0.25, 0.3) is 0 Å². The van der Waals surface area contributed by atoms with E-state index in [9.17, 15) is 14.4 Å². The number of aliphatic hydroxyl groups excluding tert-OH is 1. The molecule has 3 N–H and O–H groups in total. The molecular weight excluding hydrogens is 384 g/mol. The van der Waals surface area contributed by atoms with Gasteiger partial charge in [-0.25, -0.2) is 0 Å². The highest BCUT2D eigenvalue weighted by Crippen LogP contribution is 2.17. The van der Waals surface area contributed by atoms with Gasteiger partial charge in [-0.3, -0.25) is 14.4 Å². The number of carbonyl (C=O) groups is 3. The van der Waals surface area contributed by atoms with Crippen LogP contribution in [-0.2, 0) is 19.1 Å². The van der Waals surface area contributed by atoms with Crippen molar-refractivity contribution >= 4 is 17.8 Å². The topological polar surface area (TPSA) is 105 Å². The predicted octanol–water partition coefficient (Wildman–Crippen LogP) is 2.43. The van der Waals surface area contributed by atoms with Gasteiger partial charge < -0.3 is 20.5 Å². The summed E-state index contributed by atoms with van der Waals surface area (Å²) in [6.45, 7) is 8.72. The SMILES string of the molecule is C=CCCC(=O)OC[C@@H](NC(=O)[C@@H](CC=C)CC(=O)N[C@H](C)CO)c1ccccc1. The van der Waals surface area contributed by atoms with Crippen LogP contribution in [0, 0.1) is 5.92 Å². The Morgan fingerprint density at radius 3 is 2.43 bits per heavy atom. The lowest BCUT2D eigenvalue weighted by Gasteiger charge is -2.23. The van der Waals surface area contributed by atoms with E-state index in [1.807, 2.05) is 30.3 Å². The molecule has 0 aliphatic carbocycles. The van der Waals surface area contributed by atoms with Gasteiger partial charge in [0.15, 0.2) is 0 Å². The minimum atomic E-state index is -0.629. The number of rotatable bonds is 14. The average Bonchev–Trinajstić information content (AvgIpc) is 2.75. The van der Waals surface area contributed by atoms with Crippen molar-refractivity contribution in [3.63, 3.8) is 0 Å². The van der Waals surface area contributed by atoms with Crippen LogP contribution in [0.3, 0.4) is 0 Å². The van der Waals surface area contributed by atoms with Gasteiger partial charge >= 0.3 is 5.97 Å². The first-order valence-electron chi connectivity index (χ1n) is 10.0. The summed E-state index contributed by atoms with van der Waals surface area (Å²) in [6.07, 6.45) is 4.24. The molecule has 0 unspecified atom stereocenters. The molecular formula is C23H32N2O5. The van der Waals surface area contributed by atoms with Crippen molar-refractivity contribution in [1.29, 1.82) is 0 Å². The maximum atomic E-state index is 12.9. The summed E-state index contributed by atoms with van der Waals surface area (Å²) in [4.78, 5) is 36.9. The highest BCUT2D eigenvalue weighted by Gasteiger charge is 2.25. The van der Waals surface area contributed by atoms with Crippen LogP contribution in [0.15, 0.2) is 55.6 Å². The van der Waals surface area contributed by atoms with Crippen LogP contribution < -0.4 is 10.6 Å². The van der Waals surface area contributed by atoms with E-state index >= 15 is 0 Å². The van der Waals surface area contributed by atoms with Crippen LogP contribution in [0.5, 0.6) is 0 Å². The van der Waals surface area contributed by atoms with E-state index in [-0.39, 0.29) is 43.8 Å². The molecule has 0 spiro atoms. The third-order valence-electron chi connectivity index (χ3n) is 4.42. The van der Waals surface area contributed by atoms with Gasteiger partial charge in [0.2, 0.25) is 11.8 Å². The molecule has 0 bridgehead atoms. The second-order valence-electron chi connectivity index (χ2n) is 7.06. The van der Waals surface area contributed by atoms with Crippen LogP contribution in [0.2, 0.25) is 0 Å². The van der Waals surface area contributed by atoms with Crippen LogP contribution in [0.25, 0.3) is 0 Å².